The number of nitrogens with zero attached hydrogens (tertiary/aromatic N) is 1. The maximum Gasteiger partial charge on any atom is 0.328 e. The van der Waals surface area contributed by atoms with Gasteiger partial charge in [0.15, 0.2) is 0 Å². The summed E-state index contributed by atoms with van der Waals surface area (Å²) in [6.45, 7) is 0.387. The Morgan fingerprint density at radius 3 is 2.95 bits per heavy atom. The number of carboxylic acids is 1. The Morgan fingerprint density at radius 2 is 2.30 bits per heavy atom. The summed E-state index contributed by atoms with van der Waals surface area (Å²) in [5, 5.41) is 13.9. The second-order valence-corrected chi connectivity index (χ2v) is 4.29. The van der Waals surface area contributed by atoms with Crippen LogP contribution in [0.3, 0.4) is 0 Å². The van der Waals surface area contributed by atoms with Crippen LogP contribution in [0.25, 0.3) is 6.08 Å². The third-order valence-electron chi connectivity index (χ3n) is 2.77. The largest absolute Gasteiger partial charge is 0.478 e. The lowest BCUT2D eigenvalue weighted by atomic mass is 10.1. The average Bonchev–Trinajstić information content (AvgIpc) is 2.82. The van der Waals surface area contributed by atoms with Crippen molar-refractivity contribution in [3.05, 3.63) is 35.7 Å². The zero-order valence-corrected chi connectivity index (χ0v) is 10.5. The molecule has 0 aliphatic carbocycles. The first-order valence-electron chi connectivity index (χ1n) is 6.00. The van der Waals surface area contributed by atoms with E-state index < -0.39 is 11.9 Å². The SMILES string of the molecule is O=C(O)/C=C/c1cccnc1C(=O)NC1CNC(=O)C1. The van der Waals surface area contributed by atoms with Crippen LogP contribution < -0.4 is 10.6 Å². The van der Waals surface area contributed by atoms with Crippen LogP contribution >= 0.6 is 0 Å². The fraction of sp³-hybridized carbons (Fsp3) is 0.231. The molecule has 1 aliphatic rings. The van der Waals surface area contributed by atoms with Gasteiger partial charge in [-0.05, 0) is 12.1 Å². The van der Waals surface area contributed by atoms with Gasteiger partial charge in [0.05, 0.1) is 6.04 Å². The van der Waals surface area contributed by atoms with Crippen molar-refractivity contribution in [1.29, 1.82) is 0 Å². The Kier molecular flexibility index (Phi) is 4.09. The quantitative estimate of drug-likeness (QED) is 0.659. The second kappa shape index (κ2) is 5.96. The van der Waals surface area contributed by atoms with Crippen LogP contribution in [0.2, 0.25) is 0 Å². The molecule has 1 saturated heterocycles. The molecule has 0 bridgehead atoms. The molecule has 1 fully saturated rings. The summed E-state index contributed by atoms with van der Waals surface area (Å²) in [6.07, 6.45) is 3.93. The lowest BCUT2D eigenvalue weighted by Crippen LogP contribution is -2.37. The van der Waals surface area contributed by atoms with Gasteiger partial charge in [-0.3, -0.25) is 14.6 Å². The minimum atomic E-state index is -1.11. The highest BCUT2D eigenvalue weighted by molar-refractivity contribution is 5.97. The maximum absolute atomic E-state index is 12.1. The van der Waals surface area contributed by atoms with Crippen molar-refractivity contribution >= 4 is 23.9 Å². The van der Waals surface area contributed by atoms with Crippen molar-refractivity contribution in [1.82, 2.24) is 15.6 Å². The molecular weight excluding hydrogens is 262 g/mol. The predicted molar refractivity (Wildman–Crippen MR) is 69.8 cm³/mol. The van der Waals surface area contributed by atoms with Gasteiger partial charge in [-0.2, -0.15) is 0 Å². The molecular formula is C13H13N3O4. The monoisotopic (exact) mass is 275 g/mol. The summed E-state index contributed by atoms with van der Waals surface area (Å²) in [4.78, 5) is 37.6. The van der Waals surface area contributed by atoms with Crippen LogP contribution in [0, 0.1) is 0 Å². The molecule has 2 rings (SSSR count). The number of aliphatic carboxylic acids is 1. The van der Waals surface area contributed by atoms with Crippen LogP contribution in [-0.4, -0.2) is 40.5 Å². The fourth-order valence-electron chi connectivity index (χ4n) is 1.86. The van der Waals surface area contributed by atoms with Crippen LogP contribution in [0.4, 0.5) is 0 Å². The number of rotatable bonds is 4. The lowest BCUT2D eigenvalue weighted by molar-refractivity contribution is -0.131. The van der Waals surface area contributed by atoms with Crippen molar-refractivity contribution in [2.24, 2.45) is 0 Å². The zero-order valence-electron chi connectivity index (χ0n) is 10.5. The second-order valence-electron chi connectivity index (χ2n) is 4.29. The highest BCUT2D eigenvalue weighted by Gasteiger charge is 2.24. The predicted octanol–water partition coefficient (Wildman–Crippen LogP) is -0.202. The molecule has 0 radical (unpaired) electrons. The van der Waals surface area contributed by atoms with Gasteiger partial charge in [-0.25, -0.2) is 4.79 Å². The third kappa shape index (κ3) is 3.41. The smallest absolute Gasteiger partial charge is 0.328 e. The average molecular weight is 275 g/mol. The van der Waals surface area contributed by atoms with E-state index >= 15 is 0 Å². The van der Waals surface area contributed by atoms with Gasteiger partial charge in [-0.1, -0.05) is 6.07 Å². The van der Waals surface area contributed by atoms with E-state index in [0.717, 1.165) is 6.08 Å². The summed E-state index contributed by atoms with van der Waals surface area (Å²) < 4.78 is 0. The van der Waals surface area contributed by atoms with Crippen molar-refractivity contribution in [2.45, 2.75) is 12.5 Å². The van der Waals surface area contributed by atoms with Gasteiger partial charge in [0.2, 0.25) is 5.91 Å². The van der Waals surface area contributed by atoms with E-state index in [1.165, 1.54) is 12.3 Å². The van der Waals surface area contributed by atoms with E-state index in [0.29, 0.717) is 12.1 Å². The van der Waals surface area contributed by atoms with Crippen molar-refractivity contribution < 1.29 is 19.5 Å². The highest BCUT2D eigenvalue weighted by atomic mass is 16.4. The number of carboxylic acid groups (broad SMARTS) is 1. The van der Waals surface area contributed by atoms with Crippen LogP contribution in [0.1, 0.15) is 22.5 Å². The molecule has 104 valence electrons. The van der Waals surface area contributed by atoms with Gasteiger partial charge < -0.3 is 15.7 Å². The van der Waals surface area contributed by atoms with E-state index in [9.17, 15) is 14.4 Å². The van der Waals surface area contributed by atoms with Gasteiger partial charge in [-0.15, -0.1) is 0 Å². The minimum Gasteiger partial charge on any atom is -0.478 e. The van der Waals surface area contributed by atoms with Gasteiger partial charge in [0.25, 0.3) is 5.91 Å². The van der Waals surface area contributed by atoms with E-state index in [2.05, 4.69) is 15.6 Å². The third-order valence-corrected chi connectivity index (χ3v) is 2.77. The summed E-state index contributed by atoms with van der Waals surface area (Å²) in [5.41, 5.74) is 0.536. The molecule has 7 nitrogen and oxygen atoms in total. The van der Waals surface area contributed by atoms with Crippen LogP contribution in [0.5, 0.6) is 0 Å². The lowest BCUT2D eigenvalue weighted by Gasteiger charge is -2.11. The Labute approximate surface area is 114 Å². The number of pyridine rings is 1. The van der Waals surface area contributed by atoms with E-state index in [1.54, 1.807) is 12.1 Å². The molecule has 2 amide bonds. The number of carbonyl (C=O) groups excluding carboxylic acids is 2. The Morgan fingerprint density at radius 1 is 1.50 bits per heavy atom. The summed E-state index contributed by atoms with van der Waals surface area (Å²) in [6, 6.07) is 2.94. The zero-order chi connectivity index (χ0) is 14.5. The van der Waals surface area contributed by atoms with E-state index in [1.807, 2.05) is 0 Å². The Bertz CT molecular complexity index is 583. The summed E-state index contributed by atoms with van der Waals surface area (Å²) in [7, 11) is 0. The van der Waals surface area contributed by atoms with Crippen LogP contribution in [-0.2, 0) is 9.59 Å². The standard InChI is InChI=1S/C13H13N3O4/c17-10-6-9(7-15-10)16-13(20)12-8(2-1-5-14-12)3-4-11(18)19/h1-5,9H,6-7H2,(H,15,17)(H,16,20)(H,18,19)/b4-3+. The molecule has 1 aromatic heterocycles. The molecule has 1 aliphatic heterocycles. The summed E-state index contributed by atoms with van der Waals surface area (Å²) in [5.74, 6) is -1.65. The van der Waals surface area contributed by atoms with Gasteiger partial charge in [0, 0.05) is 30.8 Å². The highest BCUT2D eigenvalue weighted by Crippen LogP contribution is 2.09. The first-order chi connectivity index (χ1) is 9.56. The normalized spacial score (nSPS) is 18.0. The van der Waals surface area contributed by atoms with E-state index in [4.69, 9.17) is 5.11 Å². The first kappa shape index (κ1) is 13.7. The first-order valence-corrected chi connectivity index (χ1v) is 6.00. The number of aromatic nitrogens is 1. The fourth-order valence-corrected chi connectivity index (χ4v) is 1.86. The van der Waals surface area contributed by atoms with E-state index in [-0.39, 0.29) is 24.1 Å². The molecule has 3 N–H and O–H groups in total. The van der Waals surface area contributed by atoms with Gasteiger partial charge in [0.1, 0.15) is 5.69 Å². The molecule has 7 heteroatoms. The maximum atomic E-state index is 12.1. The topological polar surface area (TPSA) is 108 Å². The molecule has 0 saturated carbocycles. The Hall–Kier alpha value is -2.70. The molecule has 20 heavy (non-hydrogen) atoms. The number of hydrogen-bond acceptors (Lipinski definition) is 4. The van der Waals surface area contributed by atoms with Crippen molar-refractivity contribution in [3.63, 3.8) is 0 Å². The van der Waals surface area contributed by atoms with Crippen molar-refractivity contribution in [2.75, 3.05) is 6.54 Å². The molecule has 0 aromatic carbocycles. The molecule has 1 atom stereocenters. The van der Waals surface area contributed by atoms with Gasteiger partial charge >= 0.3 is 5.97 Å². The minimum absolute atomic E-state index is 0.109. The Balaban J connectivity index is 2.13. The number of carbonyl (C=O) groups is 3. The molecule has 0 spiro atoms. The molecule has 1 unspecified atom stereocenters. The number of hydrogen-bond donors (Lipinski definition) is 3. The van der Waals surface area contributed by atoms with Crippen molar-refractivity contribution in [3.8, 4) is 0 Å². The number of nitrogens with one attached hydrogen (secondary N) is 2. The summed E-state index contributed by atoms with van der Waals surface area (Å²) >= 11 is 0. The van der Waals surface area contributed by atoms with Crippen LogP contribution in [0.15, 0.2) is 24.4 Å². The number of amides is 2. The molecule has 2 heterocycles. The molecule has 1 aromatic rings.